The van der Waals surface area contributed by atoms with Crippen molar-refractivity contribution >= 4 is 0 Å². The molecular formula is C15H30N2. The van der Waals surface area contributed by atoms with E-state index in [-0.39, 0.29) is 0 Å². The molecule has 0 amide bonds. The Hall–Kier alpha value is -0.0800. The van der Waals surface area contributed by atoms with Crippen LogP contribution in [0.2, 0.25) is 0 Å². The summed E-state index contributed by atoms with van der Waals surface area (Å²) in [5, 5.41) is 3.46. The molecule has 2 aliphatic heterocycles. The predicted molar refractivity (Wildman–Crippen MR) is 74.4 cm³/mol. The third-order valence-corrected chi connectivity index (χ3v) is 4.49. The van der Waals surface area contributed by atoms with Crippen molar-refractivity contribution in [1.29, 1.82) is 0 Å². The zero-order valence-corrected chi connectivity index (χ0v) is 11.4. The Labute approximate surface area is 107 Å². The summed E-state index contributed by atoms with van der Waals surface area (Å²) >= 11 is 0. The summed E-state index contributed by atoms with van der Waals surface area (Å²) in [6.45, 7) is 6.62. The van der Waals surface area contributed by atoms with Crippen LogP contribution in [0.3, 0.4) is 0 Å². The van der Waals surface area contributed by atoms with Crippen LogP contribution in [0.1, 0.15) is 57.8 Å². The van der Waals surface area contributed by atoms with Gasteiger partial charge in [-0.05, 0) is 70.7 Å². The van der Waals surface area contributed by atoms with E-state index in [0.29, 0.717) is 0 Å². The van der Waals surface area contributed by atoms with Gasteiger partial charge in [0.2, 0.25) is 0 Å². The number of unbranched alkanes of at least 4 members (excludes halogenated alkanes) is 1. The van der Waals surface area contributed by atoms with Crippen molar-refractivity contribution < 1.29 is 0 Å². The van der Waals surface area contributed by atoms with Gasteiger partial charge in [-0.25, -0.2) is 0 Å². The van der Waals surface area contributed by atoms with Crippen molar-refractivity contribution in [1.82, 2.24) is 10.2 Å². The fourth-order valence-corrected chi connectivity index (χ4v) is 3.30. The van der Waals surface area contributed by atoms with Gasteiger partial charge in [0.1, 0.15) is 0 Å². The number of nitrogens with one attached hydrogen (secondary N) is 1. The van der Waals surface area contributed by atoms with E-state index in [0.717, 1.165) is 5.92 Å². The molecule has 2 heteroatoms. The highest BCUT2D eigenvalue weighted by Crippen LogP contribution is 2.19. The molecule has 0 bridgehead atoms. The topological polar surface area (TPSA) is 15.3 Å². The standard InChI is InChI=1S/C15H30N2/c1-2-5-13-17(12-4-1)14-6-3-7-15-8-10-16-11-9-15/h15-16H,1-14H2. The SMILES string of the molecule is C1CCCN(CCCCC2CCNCC2)CC1. The van der Waals surface area contributed by atoms with E-state index >= 15 is 0 Å². The van der Waals surface area contributed by atoms with E-state index in [1.54, 1.807) is 0 Å². The van der Waals surface area contributed by atoms with Gasteiger partial charge in [0.25, 0.3) is 0 Å². The molecule has 2 fully saturated rings. The Balaban J connectivity index is 1.49. The lowest BCUT2D eigenvalue weighted by Crippen LogP contribution is -2.28. The highest BCUT2D eigenvalue weighted by molar-refractivity contribution is 4.69. The van der Waals surface area contributed by atoms with Gasteiger partial charge in [0.15, 0.2) is 0 Å². The normalized spacial score (nSPS) is 24.7. The molecule has 0 saturated carbocycles. The highest BCUT2D eigenvalue weighted by atomic mass is 15.1. The van der Waals surface area contributed by atoms with Gasteiger partial charge in [-0.2, -0.15) is 0 Å². The zero-order chi connectivity index (χ0) is 11.8. The van der Waals surface area contributed by atoms with Crippen molar-refractivity contribution in [2.45, 2.75) is 57.8 Å². The average Bonchev–Trinajstić information content (AvgIpc) is 2.65. The molecule has 1 N–H and O–H groups in total. The van der Waals surface area contributed by atoms with Crippen LogP contribution in [0.25, 0.3) is 0 Å². The smallest absolute Gasteiger partial charge is 0.00187 e. The fraction of sp³-hybridized carbons (Fsp3) is 1.00. The lowest BCUT2D eigenvalue weighted by atomic mass is 9.92. The summed E-state index contributed by atoms with van der Waals surface area (Å²) in [4.78, 5) is 2.70. The maximum atomic E-state index is 3.46. The Morgan fingerprint density at radius 3 is 2.29 bits per heavy atom. The zero-order valence-electron chi connectivity index (χ0n) is 11.4. The fourth-order valence-electron chi connectivity index (χ4n) is 3.30. The molecule has 0 aromatic rings. The Morgan fingerprint density at radius 2 is 1.59 bits per heavy atom. The number of hydrogen-bond acceptors (Lipinski definition) is 2. The van der Waals surface area contributed by atoms with Gasteiger partial charge in [-0.1, -0.05) is 25.7 Å². The Bertz CT molecular complexity index is 179. The van der Waals surface area contributed by atoms with Gasteiger partial charge in [0, 0.05) is 0 Å². The molecular weight excluding hydrogens is 208 g/mol. The number of likely N-dealkylation sites (tertiary alicyclic amines) is 1. The summed E-state index contributed by atoms with van der Waals surface area (Å²) in [5.41, 5.74) is 0. The number of piperidine rings is 1. The summed E-state index contributed by atoms with van der Waals surface area (Å²) in [7, 11) is 0. The Morgan fingerprint density at radius 1 is 0.882 bits per heavy atom. The number of hydrogen-bond donors (Lipinski definition) is 1. The molecule has 2 nitrogen and oxygen atoms in total. The first-order valence-corrected chi connectivity index (χ1v) is 7.88. The van der Waals surface area contributed by atoms with E-state index in [9.17, 15) is 0 Å². The van der Waals surface area contributed by atoms with E-state index in [1.165, 1.54) is 90.5 Å². The summed E-state index contributed by atoms with van der Waals surface area (Å²) in [6.07, 6.45) is 13.0. The molecule has 2 rings (SSSR count). The van der Waals surface area contributed by atoms with E-state index in [4.69, 9.17) is 0 Å². The lowest BCUT2D eigenvalue weighted by Gasteiger charge is -2.23. The lowest BCUT2D eigenvalue weighted by molar-refractivity contribution is 0.269. The highest BCUT2D eigenvalue weighted by Gasteiger charge is 2.13. The number of rotatable bonds is 5. The molecule has 17 heavy (non-hydrogen) atoms. The van der Waals surface area contributed by atoms with E-state index in [1.807, 2.05) is 0 Å². The molecule has 0 radical (unpaired) electrons. The van der Waals surface area contributed by atoms with E-state index in [2.05, 4.69) is 10.2 Å². The second kappa shape index (κ2) is 8.10. The van der Waals surface area contributed by atoms with Crippen LogP contribution in [0, 0.1) is 5.92 Å². The summed E-state index contributed by atoms with van der Waals surface area (Å²) in [5.74, 6) is 1.03. The summed E-state index contributed by atoms with van der Waals surface area (Å²) < 4.78 is 0. The second-order valence-corrected chi connectivity index (χ2v) is 5.95. The predicted octanol–water partition coefficient (Wildman–Crippen LogP) is 3.03. The van der Waals surface area contributed by atoms with Crippen LogP contribution in [0.15, 0.2) is 0 Å². The van der Waals surface area contributed by atoms with Crippen LogP contribution in [-0.2, 0) is 0 Å². The van der Waals surface area contributed by atoms with Crippen molar-refractivity contribution in [3.8, 4) is 0 Å². The molecule has 0 spiro atoms. The van der Waals surface area contributed by atoms with E-state index < -0.39 is 0 Å². The first kappa shape index (κ1) is 13.4. The largest absolute Gasteiger partial charge is 0.317 e. The first-order chi connectivity index (χ1) is 8.45. The molecule has 2 heterocycles. The maximum Gasteiger partial charge on any atom is -0.00187 e. The van der Waals surface area contributed by atoms with Gasteiger partial charge in [0.05, 0.1) is 0 Å². The molecule has 0 aliphatic carbocycles. The minimum Gasteiger partial charge on any atom is -0.317 e. The first-order valence-electron chi connectivity index (χ1n) is 7.88. The molecule has 2 saturated heterocycles. The van der Waals surface area contributed by atoms with Crippen LogP contribution >= 0.6 is 0 Å². The summed E-state index contributed by atoms with van der Waals surface area (Å²) in [6, 6.07) is 0. The average molecular weight is 238 g/mol. The van der Waals surface area contributed by atoms with Crippen LogP contribution in [0.4, 0.5) is 0 Å². The van der Waals surface area contributed by atoms with Crippen molar-refractivity contribution in [2.75, 3.05) is 32.7 Å². The van der Waals surface area contributed by atoms with Crippen LogP contribution < -0.4 is 5.32 Å². The molecule has 100 valence electrons. The number of nitrogens with zero attached hydrogens (tertiary/aromatic N) is 1. The van der Waals surface area contributed by atoms with Crippen molar-refractivity contribution in [2.24, 2.45) is 5.92 Å². The van der Waals surface area contributed by atoms with Gasteiger partial charge in [-0.15, -0.1) is 0 Å². The minimum absolute atomic E-state index is 1.03. The third-order valence-electron chi connectivity index (χ3n) is 4.49. The molecule has 0 unspecified atom stereocenters. The molecule has 0 aromatic heterocycles. The van der Waals surface area contributed by atoms with Crippen LogP contribution in [0.5, 0.6) is 0 Å². The van der Waals surface area contributed by atoms with Gasteiger partial charge in [-0.3, -0.25) is 0 Å². The van der Waals surface area contributed by atoms with Crippen molar-refractivity contribution in [3.05, 3.63) is 0 Å². The Kier molecular flexibility index (Phi) is 6.36. The van der Waals surface area contributed by atoms with Gasteiger partial charge < -0.3 is 10.2 Å². The maximum absolute atomic E-state index is 3.46. The van der Waals surface area contributed by atoms with Gasteiger partial charge >= 0.3 is 0 Å². The molecule has 2 aliphatic rings. The minimum atomic E-state index is 1.03. The monoisotopic (exact) mass is 238 g/mol. The van der Waals surface area contributed by atoms with Crippen LogP contribution in [-0.4, -0.2) is 37.6 Å². The quantitative estimate of drug-likeness (QED) is 0.741. The van der Waals surface area contributed by atoms with Crippen molar-refractivity contribution in [3.63, 3.8) is 0 Å². The molecule has 0 aromatic carbocycles. The molecule has 0 atom stereocenters. The second-order valence-electron chi connectivity index (χ2n) is 5.95. The third kappa shape index (κ3) is 5.39.